The van der Waals surface area contributed by atoms with Gasteiger partial charge in [-0.2, -0.15) is 0 Å². The van der Waals surface area contributed by atoms with Gasteiger partial charge in [-0.1, -0.05) is 6.07 Å². The Morgan fingerprint density at radius 2 is 1.68 bits per heavy atom. The Bertz CT molecular complexity index is 679. The molecule has 22 heavy (non-hydrogen) atoms. The fourth-order valence-electron chi connectivity index (χ4n) is 1.92. The standard InChI is InChI=1S/C17H18N2O3/c1-19(2)17(21)12-7-9-14(10-8-12)18-16(20)13-5-4-6-15(11-13)22-3/h4-11H,1-3H3,(H,18,20). The number of hydrogen-bond donors (Lipinski definition) is 1. The Morgan fingerprint density at radius 1 is 1.00 bits per heavy atom. The van der Waals surface area contributed by atoms with E-state index in [-0.39, 0.29) is 11.8 Å². The zero-order valence-corrected chi connectivity index (χ0v) is 12.8. The van der Waals surface area contributed by atoms with Crippen LogP contribution in [0, 0.1) is 0 Å². The number of benzene rings is 2. The molecule has 114 valence electrons. The maximum absolute atomic E-state index is 12.2. The van der Waals surface area contributed by atoms with Gasteiger partial charge in [0.1, 0.15) is 5.75 Å². The molecule has 0 aliphatic rings. The van der Waals surface area contributed by atoms with Gasteiger partial charge in [0, 0.05) is 30.9 Å². The van der Waals surface area contributed by atoms with E-state index in [1.54, 1.807) is 69.7 Å². The Labute approximate surface area is 129 Å². The summed E-state index contributed by atoms with van der Waals surface area (Å²) in [6.45, 7) is 0. The first-order valence-electron chi connectivity index (χ1n) is 6.78. The Morgan fingerprint density at radius 3 is 2.27 bits per heavy atom. The normalized spacial score (nSPS) is 9.95. The van der Waals surface area contributed by atoms with Crippen molar-refractivity contribution in [3.05, 3.63) is 59.7 Å². The van der Waals surface area contributed by atoms with Crippen LogP contribution in [0.15, 0.2) is 48.5 Å². The van der Waals surface area contributed by atoms with Gasteiger partial charge in [0.2, 0.25) is 0 Å². The summed E-state index contributed by atoms with van der Waals surface area (Å²) in [5.74, 6) is 0.316. The van der Waals surface area contributed by atoms with Crippen molar-refractivity contribution in [1.29, 1.82) is 0 Å². The van der Waals surface area contributed by atoms with E-state index in [1.807, 2.05) is 0 Å². The number of nitrogens with zero attached hydrogens (tertiary/aromatic N) is 1. The summed E-state index contributed by atoms with van der Waals surface area (Å²) in [5, 5.41) is 2.79. The fraction of sp³-hybridized carbons (Fsp3) is 0.176. The van der Waals surface area contributed by atoms with Gasteiger partial charge in [-0.3, -0.25) is 9.59 Å². The highest BCUT2D eigenvalue weighted by Gasteiger charge is 2.09. The highest BCUT2D eigenvalue weighted by atomic mass is 16.5. The number of carbonyl (C=O) groups is 2. The second-order valence-corrected chi connectivity index (χ2v) is 4.96. The van der Waals surface area contributed by atoms with Crippen molar-refractivity contribution in [2.75, 3.05) is 26.5 Å². The van der Waals surface area contributed by atoms with E-state index in [9.17, 15) is 9.59 Å². The molecule has 0 radical (unpaired) electrons. The van der Waals surface area contributed by atoms with Gasteiger partial charge in [-0.05, 0) is 42.5 Å². The second kappa shape index (κ2) is 6.76. The van der Waals surface area contributed by atoms with Crippen LogP contribution in [0.3, 0.4) is 0 Å². The van der Waals surface area contributed by atoms with Gasteiger partial charge in [0.25, 0.3) is 11.8 Å². The molecule has 2 aromatic carbocycles. The monoisotopic (exact) mass is 298 g/mol. The lowest BCUT2D eigenvalue weighted by atomic mass is 10.1. The minimum absolute atomic E-state index is 0.0781. The summed E-state index contributed by atoms with van der Waals surface area (Å²) in [4.78, 5) is 25.5. The van der Waals surface area contributed by atoms with Crippen molar-refractivity contribution < 1.29 is 14.3 Å². The molecule has 5 nitrogen and oxygen atoms in total. The average molecular weight is 298 g/mol. The maximum atomic E-state index is 12.2. The molecule has 0 saturated heterocycles. The first-order valence-corrected chi connectivity index (χ1v) is 6.78. The Balaban J connectivity index is 2.10. The molecule has 0 aromatic heterocycles. The largest absolute Gasteiger partial charge is 0.497 e. The lowest BCUT2D eigenvalue weighted by Gasteiger charge is -2.11. The third-order valence-corrected chi connectivity index (χ3v) is 3.13. The summed E-state index contributed by atoms with van der Waals surface area (Å²) in [5.41, 5.74) is 1.71. The number of carbonyl (C=O) groups excluding carboxylic acids is 2. The molecular formula is C17H18N2O3. The topological polar surface area (TPSA) is 58.6 Å². The highest BCUT2D eigenvalue weighted by Crippen LogP contribution is 2.15. The lowest BCUT2D eigenvalue weighted by Crippen LogP contribution is -2.21. The number of amides is 2. The fourth-order valence-corrected chi connectivity index (χ4v) is 1.92. The third kappa shape index (κ3) is 3.63. The zero-order chi connectivity index (χ0) is 16.1. The summed E-state index contributed by atoms with van der Waals surface area (Å²) in [7, 11) is 4.94. The zero-order valence-electron chi connectivity index (χ0n) is 12.8. The van der Waals surface area contributed by atoms with E-state index >= 15 is 0 Å². The maximum Gasteiger partial charge on any atom is 0.255 e. The van der Waals surface area contributed by atoms with Crippen molar-refractivity contribution in [2.45, 2.75) is 0 Å². The van der Waals surface area contributed by atoms with E-state index in [4.69, 9.17) is 4.74 Å². The number of nitrogens with one attached hydrogen (secondary N) is 1. The van der Waals surface area contributed by atoms with Gasteiger partial charge in [0.05, 0.1) is 7.11 Å². The minimum Gasteiger partial charge on any atom is -0.497 e. The molecule has 0 spiro atoms. The molecule has 0 aliphatic heterocycles. The molecule has 1 N–H and O–H groups in total. The highest BCUT2D eigenvalue weighted by molar-refractivity contribution is 6.04. The van der Waals surface area contributed by atoms with E-state index in [0.29, 0.717) is 22.6 Å². The van der Waals surface area contributed by atoms with Gasteiger partial charge in [-0.25, -0.2) is 0 Å². The predicted molar refractivity (Wildman–Crippen MR) is 85.4 cm³/mol. The van der Waals surface area contributed by atoms with Crippen molar-refractivity contribution in [3.63, 3.8) is 0 Å². The van der Waals surface area contributed by atoms with Crippen molar-refractivity contribution in [1.82, 2.24) is 4.90 Å². The molecule has 5 heteroatoms. The summed E-state index contributed by atoms with van der Waals surface area (Å²) in [6.07, 6.45) is 0. The van der Waals surface area contributed by atoms with E-state index in [0.717, 1.165) is 0 Å². The number of anilines is 1. The first kappa shape index (κ1) is 15.6. The molecule has 0 saturated carbocycles. The van der Waals surface area contributed by atoms with Crippen LogP contribution in [0.25, 0.3) is 0 Å². The minimum atomic E-state index is -0.231. The first-order chi connectivity index (χ1) is 10.5. The van der Waals surface area contributed by atoms with Crippen LogP contribution in [0.5, 0.6) is 5.75 Å². The molecule has 0 unspecified atom stereocenters. The molecule has 0 atom stereocenters. The van der Waals surface area contributed by atoms with Crippen LogP contribution in [0.4, 0.5) is 5.69 Å². The predicted octanol–water partition coefficient (Wildman–Crippen LogP) is 2.65. The molecule has 0 fully saturated rings. The van der Waals surface area contributed by atoms with E-state index < -0.39 is 0 Å². The lowest BCUT2D eigenvalue weighted by molar-refractivity contribution is 0.0827. The molecule has 0 bridgehead atoms. The Hall–Kier alpha value is -2.82. The molecule has 2 rings (SSSR count). The van der Waals surface area contributed by atoms with Crippen LogP contribution in [0.1, 0.15) is 20.7 Å². The van der Waals surface area contributed by atoms with Gasteiger partial charge in [0.15, 0.2) is 0 Å². The van der Waals surface area contributed by atoms with Gasteiger partial charge in [-0.15, -0.1) is 0 Å². The summed E-state index contributed by atoms with van der Waals surface area (Å²) >= 11 is 0. The van der Waals surface area contributed by atoms with E-state index in [1.165, 1.54) is 4.90 Å². The van der Waals surface area contributed by atoms with Crippen LogP contribution in [0.2, 0.25) is 0 Å². The number of rotatable bonds is 4. The third-order valence-electron chi connectivity index (χ3n) is 3.13. The molecule has 0 aliphatic carbocycles. The van der Waals surface area contributed by atoms with Crippen LogP contribution < -0.4 is 10.1 Å². The van der Waals surface area contributed by atoms with Crippen molar-refractivity contribution in [3.8, 4) is 5.75 Å². The molecular weight excluding hydrogens is 280 g/mol. The van der Waals surface area contributed by atoms with Gasteiger partial charge < -0.3 is 15.0 Å². The van der Waals surface area contributed by atoms with E-state index in [2.05, 4.69) is 5.32 Å². The van der Waals surface area contributed by atoms with Gasteiger partial charge >= 0.3 is 0 Å². The number of methoxy groups -OCH3 is 1. The quantitative estimate of drug-likeness (QED) is 0.944. The second-order valence-electron chi connectivity index (χ2n) is 4.96. The smallest absolute Gasteiger partial charge is 0.255 e. The SMILES string of the molecule is COc1cccc(C(=O)Nc2ccc(C(=O)N(C)C)cc2)c1. The van der Waals surface area contributed by atoms with Crippen LogP contribution in [-0.2, 0) is 0 Å². The molecule has 2 amide bonds. The molecule has 0 heterocycles. The average Bonchev–Trinajstić information content (AvgIpc) is 2.54. The molecule has 2 aromatic rings. The Kier molecular flexibility index (Phi) is 4.78. The van der Waals surface area contributed by atoms with Crippen LogP contribution >= 0.6 is 0 Å². The number of ether oxygens (including phenoxy) is 1. The number of hydrogen-bond acceptors (Lipinski definition) is 3. The van der Waals surface area contributed by atoms with Crippen molar-refractivity contribution in [2.24, 2.45) is 0 Å². The summed E-state index contributed by atoms with van der Waals surface area (Å²) < 4.78 is 5.10. The summed E-state index contributed by atoms with van der Waals surface area (Å²) in [6, 6.07) is 13.7. The van der Waals surface area contributed by atoms with Crippen LogP contribution in [-0.4, -0.2) is 37.9 Å². The van der Waals surface area contributed by atoms with Crippen molar-refractivity contribution >= 4 is 17.5 Å².